The summed E-state index contributed by atoms with van der Waals surface area (Å²) >= 11 is 0. The lowest BCUT2D eigenvalue weighted by Crippen LogP contribution is -2.06. The summed E-state index contributed by atoms with van der Waals surface area (Å²) in [7, 11) is 0. The van der Waals surface area contributed by atoms with Crippen LogP contribution in [-0.4, -0.2) is 0 Å². The predicted octanol–water partition coefficient (Wildman–Crippen LogP) is 3.36. The second-order valence-corrected chi connectivity index (χ2v) is 3.86. The van der Waals surface area contributed by atoms with Gasteiger partial charge in [0.15, 0.2) is 16.9 Å². The molecule has 0 aliphatic heterocycles. The van der Waals surface area contributed by atoms with Crippen molar-refractivity contribution in [3.63, 3.8) is 0 Å². The molecule has 0 fully saturated rings. The molecule has 0 spiro atoms. The Morgan fingerprint density at radius 3 is 2.65 bits per heavy atom. The second-order valence-electron chi connectivity index (χ2n) is 3.86. The molecule has 3 nitrogen and oxygen atoms in total. The standard InChI is InChI=1S/C14H10O3/c1-9-13(15)10-5-2-3-6-11(10)17-14(9)12-7-4-8-16-12/h2-8H,1H3. The lowest BCUT2D eigenvalue weighted by atomic mass is 10.1. The molecule has 0 unspecified atom stereocenters. The molecule has 0 N–H and O–H groups in total. The molecule has 17 heavy (non-hydrogen) atoms. The third-order valence-electron chi connectivity index (χ3n) is 2.77. The molecule has 84 valence electrons. The van der Waals surface area contributed by atoms with E-state index in [1.165, 1.54) is 0 Å². The van der Waals surface area contributed by atoms with Crippen LogP contribution < -0.4 is 5.43 Å². The lowest BCUT2D eigenvalue weighted by Gasteiger charge is -2.03. The largest absolute Gasteiger partial charge is 0.461 e. The summed E-state index contributed by atoms with van der Waals surface area (Å²) in [6.07, 6.45) is 1.56. The maximum Gasteiger partial charge on any atom is 0.196 e. The maximum atomic E-state index is 12.1. The van der Waals surface area contributed by atoms with Gasteiger partial charge in [0.2, 0.25) is 0 Å². The zero-order valence-corrected chi connectivity index (χ0v) is 9.27. The van der Waals surface area contributed by atoms with Crippen LogP contribution >= 0.6 is 0 Å². The number of hydrogen-bond donors (Lipinski definition) is 0. The summed E-state index contributed by atoms with van der Waals surface area (Å²) in [6.45, 7) is 1.75. The highest BCUT2D eigenvalue weighted by molar-refractivity contribution is 5.79. The molecule has 1 aromatic carbocycles. The summed E-state index contributed by atoms with van der Waals surface area (Å²) in [5.41, 5.74) is 1.13. The number of benzene rings is 1. The zero-order chi connectivity index (χ0) is 11.8. The van der Waals surface area contributed by atoms with Crippen LogP contribution in [0.5, 0.6) is 0 Å². The van der Waals surface area contributed by atoms with E-state index >= 15 is 0 Å². The number of fused-ring (bicyclic) bond motifs is 1. The van der Waals surface area contributed by atoms with Crippen LogP contribution in [0, 0.1) is 6.92 Å². The number of rotatable bonds is 1. The highest BCUT2D eigenvalue weighted by Gasteiger charge is 2.13. The van der Waals surface area contributed by atoms with E-state index in [0.717, 1.165) is 0 Å². The molecular weight excluding hydrogens is 216 g/mol. The Bertz CT molecular complexity index is 721. The smallest absolute Gasteiger partial charge is 0.196 e. The Morgan fingerprint density at radius 2 is 1.88 bits per heavy atom. The van der Waals surface area contributed by atoms with Crippen molar-refractivity contribution in [2.45, 2.75) is 6.92 Å². The summed E-state index contributed by atoms with van der Waals surface area (Å²) in [4.78, 5) is 12.1. The van der Waals surface area contributed by atoms with Gasteiger partial charge >= 0.3 is 0 Å². The first-order valence-corrected chi connectivity index (χ1v) is 5.33. The van der Waals surface area contributed by atoms with Gasteiger partial charge in [0.05, 0.1) is 11.6 Å². The van der Waals surface area contributed by atoms with Gasteiger partial charge in [-0.25, -0.2) is 0 Å². The fourth-order valence-electron chi connectivity index (χ4n) is 1.88. The molecular formula is C14H10O3. The van der Waals surface area contributed by atoms with Gasteiger partial charge in [-0.3, -0.25) is 4.79 Å². The minimum atomic E-state index is -0.0155. The molecule has 0 aliphatic carbocycles. The van der Waals surface area contributed by atoms with Crippen molar-refractivity contribution >= 4 is 11.0 Å². The van der Waals surface area contributed by atoms with E-state index in [1.54, 1.807) is 37.5 Å². The number of hydrogen-bond acceptors (Lipinski definition) is 3. The van der Waals surface area contributed by atoms with Gasteiger partial charge in [-0.1, -0.05) is 12.1 Å². The molecule has 0 saturated carbocycles. The van der Waals surface area contributed by atoms with Gasteiger partial charge in [-0.15, -0.1) is 0 Å². The van der Waals surface area contributed by atoms with Crippen molar-refractivity contribution in [3.8, 4) is 11.5 Å². The number of para-hydroxylation sites is 1. The molecule has 0 atom stereocenters. The Morgan fingerprint density at radius 1 is 1.06 bits per heavy atom. The van der Waals surface area contributed by atoms with Gasteiger partial charge in [0.1, 0.15) is 5.58 Å². The highest BCUT2D eigenvalue weighted by Crippen LogP contribution is 2.25. The van der Waals surface area contributed by atoms with Crippen molar-refractivity contribution in [3.05, 3.63) is 58.4 Å². The second kappa shape index (κ2) is 3.63. The zero-order valence-electron chi connectivity index (χ0n) is 9.27. The topological polar surface area (TPSA) is 43.4 Å². The quantitative estimate of drug-likeness (QED) is 0.639. The van der Waals surface area contributed by atoms with Crippen LogP contribution in [0.4, 0.5) is 0 Å². The molecule has 3 rings (SSSR count). The van der Waals surface area contributed by atoms with Crippen molar-refractivity contribution in [2.75, 3.05) is 0 Å². The van der Waals surface area contributed by atoms with Gasteiger partial charge in [-0.05, 0) is 31.2 Å². The van der Waals surface area contributed by atoms with E-state index in [2.05, 4.69) is 0 Å². The van der Waals surface area contributed by atoms with Crippen molar-refractivity contribution in [1.29, 1.82) is 0 Å². The molecule has 3 aromatic rings. The summed E-state index contributed by atoms with van der Waals surface area (Å²) < 4.78 is 11.0. The van der Waals surface area contributed by atoms with E-state index in [1.807, 2.05) is 12.1 Å². The van der Waals surface area contributed by atoms with Crippen LogP contribution in [0.25, 0.3) is 22.5 Å². The first-order chi connectivity index (χ1) is 8.27. The first kappa shape index (κ1) is 9.90. The van der Waals surface area contributed by atoms with Crippen molar-refractivity contribution in [2.24, 2.45) is 0 Å². The van der Waals surface area contributed by atoms with Crippen LogP contribution in [0.1, 0.15) is 5.56 Å². The van der Waals surface area contributed by atoms with Crippen molar-refractivity contribution < 1.29 is 8.83 Å². The van der Waals surface area contributed by atoms with Gasteiger partial charge in [-0.2, -0.15) is 0 Å². The Balaban J connectivity index is 2.42. The van der Waals surface area contributed by atoms with Gasteiger partial charge < -0.3 is 8.83 Å². The molecule has 0 bridgehead atoms. The average Bonchev–Trinajstić information content (AvgIpc) is 2.87. The van der Waals surface area contributed by atoms with Crippen LogP contribution in [0.2, 0.25) is 0 Å². The Kier molecular flexibility index (Phi) is 2.11. The Labute approximate surface area is 97.3 Å². The third kappa shape index (κ3) is 1.47. The molecule has 0 aliphatic rings. The van der Waals surface area contributed by atoms with E-state index in [9.17, 15) is 4.79 Å². The predicted molar refractivity (Wildman–Crippen MR) is 64.9 cm³/mol. The van der Waals surface area contributed by atoms with Crippen LogP contribution in [0.15, 0.2) is 56.3 Å². The number of furan rings is 1. The third-order valence-corrected chi connectivity index (χ3v) is 2.77. The maximum absolute atomic E-state index is 12.1. The monoisotopic (exact) mass is 226 g/mol. The molecule has 0 radical (unpaired) electrons. The van der Waals surface area contributed by atoms with E-state index in [0.29, 0.717) is 28.1 Å². The van der Waals surface area contributed by atoms with Crippen LogP contribution in [-0.2, 0) is 0 Å². The van der Waals surface area contributed by atoms with Gasteiger partial charge in [0.25, 0.3) is 0 Å². The SMILES string of the molecule is Cc1c(-c2ccco2)oc2ccccc2c1=O. The highest BCUT2D eigenvalue weighted by atomic mass is 16.4. The fourth-order valence-corrected chi connectivity index (χ4v) is 1.88. The molecule has 0 amide bonds. The normalized spacial score (nSPS) is 10.9. The van der Waals surface area contributed by atoms with Gasteiger partial charge in [0, 0.05) is 5.56 Å². The average molecular weight is 226 g/mol. The molecule has 2 aromatic heterocycles. The molecule has 0 saturated heterocycles. The summed E-state index contributed by atoms with van der Waals surface area (Å²) in [6, 6.07) is 10.8. The van der Waals surface area contributed by atoms with E-state index in [4.69, 9.17) is 8.83 Å². The Hall–Kier alpha value is -2.29. The molecule has 3 heteroatoms. The minimum Gasteiger partial charge on any atom is -0.461 e. The fraction of sp³-hybridized carbons (Fsp3) is 0.0714. The van der Waals surface area contributed by atoms with E-state index < -0.39 is 0 Å². The lowest BCUT2D eigenvalue weighted by molar-refractivity contribution is 0.535. The summed E-state index contributed by atoms with van der Waals surface area (Å²) in [5.74, 6) is 1.07. The first-order valence-electron chi connectivity index (χ1n) is 5.33. The minimum absolute atomic E-state index is 0.0155. The summed E-state index contributed by atoms with van der Waals surface area (Å²) in [5, 5.41) is 0.598. The van der Waals surface area contributed by atoms with Crippen molar-refractivity contribution in [1.82, 2.24) is 0 Å². The van der Waals surface area contributed by atoms with Crippen LogP contribution in [0.3, 0.4) is 0 Å². The van der Waals surface area contributed by atoms with E-state index in [-0.39, 0.29) is 5.43 Å². The molecule has 2 heterocycles.